The average molecular weight is 316 g/mol. The Labute approximate surface area is 139 Å². The summed E-state index contributed by atoms with van der Waals surface area (Å²) in [5.74, 6) is -0.161. The van der Waals surface area contributed by atoms with Crippen molar-refractivity contribution < 1.29 is 9.59 Å². The number of carbonyl (C=O) groups is 2. The monoisotopic (exact) mass is 316 g/mol. The molecule has 0 radical (unpaired) electrons. The van der Waals surface area contributed by atoms with Crippen LogP contribution in [0.4, 0.5) is 5.69 Å². The van der Waals surface area contributed by atoms with Gasteiger partial charge in [0.05, 0.1) is 5.92 Å². The van der Waals surface area contributed by atoms with Crippen molar-refractivity contribution in [1.82, 2.24) is 4.90 Å². The van der Waals surface area contributed by atoms with Crippen molar-refractivity contribution >= 4 is 17.5 Å². The van der Waals surface area contributed by atoms with Gasteiger partial charge in [0.2, 0.25) is 11.8 Å². The van der Waals surface area contributed by atoms with Gasteiger partial charge in [0.15, 0.2) is 0 Å². The van der Waals surface area contributed by atoms with Crippen molar-refractivity contribution in [2.75, 3.05) is 18.4 Å². The SMILES string of the molecule is CCCCc1ccc(NC(=O)[C@H]2CC(=O)N(CCCC)C2)cc1. The van der Waals surface area contributed by atoms with E-state index in [1.54, 1.807) is 0 Å². The van der Waals surface area contributed by atoms with E-state index in [1.165, 1.54) is 18.4 Å². The molecule has 2 amide bonds. The van der Waals surface area contributed by atoms with Gasteiger partial charge >= 0.3 is 0 Å². The predicted octanol–water partition coefficient (Wildman–Crippen LogP) is 3.62. The molecule has 0 bridgehead atoms. The molecule has 2 rings (SSSR count). The molecule has 1 aliphatic heterocycles. The second-order valence-electron chi connectivity index (χ2n) is 6.38. The van der Waals surface area contributed by atoms with E-state index in [0.29, 0.717) is 13.0 Å². The van der Waals surface area contributed by atoms with E-state index in [2.05, 4.69) is 31.3 Å². The number of likely N-dealkylation sites (tertiary alicyclic amines) is 1. The van der Waals surface area contributed by atoms with Gasteiger partial charge in [0, 0.05) is 25.2 Å². The molecule has 0 unspecified atom stereocenters. The Kier molecular flexibility index (Phi) is 6.63. The van der Waals surface area contributed by atoms with Crippen molar-refractivity contribution in [3.8, 4) is 0 Å². The van der Waals surface area contributed by atoms with Gasteiger partial charge in [-0.05, 0) is 37.0 Å². The molecule has 23 heavy (non-hydrogen) atoms. The van der Waals surface area contributed by atoms with E-state index in [0.717, 1.165) is 31.5 Å². The van der Waals surface area contributed by atoms with Gasteiger partial charge < -0.3 is 10.2 Å². The van der Waals surface area contributed by atoms with Crippen LogP contribution < -0.4 is 5.32 Å². The Bertz CT molecular complexity index is 525. The normalized spacial score (nSPS) is 17.6. The molecular formula is C19H28N2O2. The first-order valence-corrected chi connectivity index (χ1v) is 8.81. The van der Waals surface area contributed by atoms with Crippen LogP contribution in [-0.2, 0) is 16.0 Å². The summed E-state index contributed by atoms with van der Waals surface area (Å²) in [5.41, 5.74) is 2.11. The Hall–Kier alpha value is -1.84. The van der Waals surface area contributed by atoms with E-state index < -0.39 is 0 Å². The zero-order valence-corrected chi connectivity index (χ0v) is 14.3. The van der Waals surface area contributed by atoms with Gasteiger partial charge in [-0.2, -0.15) is 0 Å². The number of aryl methyl sites for hydroxylation is 1. The summed E-state index contributed by atoms with van der Waals surface area (Å²) in [6, 6.07) is 8.04. The van der Waals surface area contributed by atoms with Crippen molar-refractivity contribution in [1.29, 1.82) is 0 Å². The molecule has 0 aliphatic carbocycles. The van der Waals surface area contributed by atoms with Gasteiger partial charge in [-0.25, -0.2) is 0 Å². The van der Waals surface area contributed by atoms with Gasteiger partial charge in [0.1, 0.15) is 0 Å². The summed E-state index contributed by atoms with van der Waals surface area (Å²) in [4.78, 5) is 26.1. The molecule has 4 nitrogen and oxygen atoms in total. The summed E-state index contributed by atoms with van der Waals surface area (Å²) in [5, 5.41) is 2.95. The van der Waals surface area contributed by atoms with E-state index in [1.807, 2.05) is 17.0 Å². The maximum atomic E-state index is 12.3. The predicted molar refractivity (Wildman–Crippen MR) is 93.3 cm³/mol. The molecule has 1 aliphatic rings. The molecule has 1 aromatic carbocycles. The number of unbranched alkanes of at least 4 members (excludes halogenated alkanes) is 2. The Balaban J connectivity index is 1.86. The van der Waals surface area contributed by atoms with Crippen LogP contribution in [0.2, 0.25) is 0 Å². The highest BCUT2D eigenvalue weighted by molar-refractivity contribution is 5.97. The maximum Gasteiger partial charge on any atom is 0.229 e. The summed E-state index contributed by atoms with van der Waals surface area (Å²) in [6.07, 6.45) is 5.84. The minimum atomic E-state index is -0.223. The Morgan fingerprint density at radius 2 is 1.87 bits per heavy atom. The molecule has 1 N–H and O–H groups in total. The van der Waals surface area contributed by atoms with Crippen LogP contribution in [0.3, 0.4) is 0 Å². The lowest BCUT2D eigenvalue weighted by atomic mass is 10.1. The van der Waals surface area contributed by atoms with E-state index in [4.69, 9.17) is 0 Å². The van der Waals surface area contributed by atoms with Gasteiger partial charge in [-0.3, -0.25) is 9.59 Å². The van der Waals surface area contributed by atoms with Crippen LogP contribution in [0.5, 0.6) is 0 Å². The number of carbonyl (C=O) groups excluding carboxylic acids is 2. The van der Waals surface area contributed by atoms with Crippen LogP contribution >= 0.6 is 0 Å². The maximum absolute atomic E-state index is 12.3. The summed E-state index contributed by atoms with van der Waals surface area (Å²) in [6.45, 7) is 5.61. The highest BCUT2D eigenvalue weighted by atomic mass is 16.2. The number of nitrogens with one attached hydrogen (secondary N) is 1. The fraction of sp³-hybridized carbons (Fsp3) is 0.579. The topological polar surface area (TPSA) is 49.4 Å². The fourth-order valence-electron chi connectivity index (χ4n) is 2.89. The Morgan fingerprint density at radius 3 is 2.52 bits per heavy atom. The quantitative estimate of drug-likeness (QED) is 0.796. The van der Waals surface area contributed by atoms with Crippen molar-refractivity contribution in [2.45, 2.75) is 52.4 Å². The van der Waals surface area contributed by atoms with E-state index in [-0.39, 0.29) is 17.7 Å². The zero-order chi connectivity index (χ0) is 16.7. The number of nitrogens with zero attached hydrogens (tertiary/aromatic N) is 1. The second kappa shape index (κ2) is 8.70. The highest BCUT2D eigenvalue weighted by Gasteiger charge is 2.33. The highest BCUT2D eigenvalue weighted by Crippen LogP contribution is 2.21. The third-order valence-electron chi connectivity index (χ3n) is 4.41. The second-order valence-corrected chi connectivity index (χ2v) is 6.38. The van der Waals surface area contributed by atoms with E-state index >= 15 is 0 Å². The molecule has 1 heterocycles. The molecular weight excluding hydrogens is 288 g/mol. The first kappa shape index (κ1) is 17.5. The smallest absolute Gasteiger partial charge is 0.229 e. The summed E-state index contributed by atoms with van der Waals surface area (Å²) < 4.78 is 0. The first-order chi connectivity index (χ1) is 11.1. The Morgan fingerprint density at radius 1 is 1.17 bits per heavy atom. The minimum Gasteiger partial charge on any atom is -0.342 e. The summed E-state index contributed by atoms with van der Waals surface area (Å²) >= 11 is 0. The number of amides is 2. The van der Waals surface area contributed by atoms with Gasteiger partial charge in [-0.15, -0.1) is 0 Å². The molecule has 0 aromatic heterocycles. The number of rotatable bonds is 8. The fourth-order valence-corrected chi connectivity index (χ4v) is 2.89. The standard InChI is InChI=1S/C19H28N2O2/c1-3-5-7-15-8-10-17(11-9-15)20-19(23)16-13-18(22)21(14-16)12-6-4-2/h8-11,16H,3-7,12-14H2,1-2H3,(H,20,23)/t16-/m0/s1. The van der Waals surface area contributed by atoms with Crippen LogP contribution in [0.25, 0.3) is 0 Å². The molecule has 0 saturated carbocycles. The third kappa shape index (κ3) is 5.08. The first-order valence-electron chi connectivity index (χ1n) is 8.81. The molecule has 126 valence electrons. The van der Waals surface area contributed by atoms with Crippen LogP contribution in [0, 0.1) is 5.92 Å². The van der Waals surface area contributed by atoms with Crippen molar-refractivity contribution in [3.63, 3.8) is 0 Å². The lowest BCUT2D eigenvalue weighted by Crippen LogP contribution is -2.29. The van der Waals surface area contributed by atoms with Gasteiger partial charge in [-0.1, -0.05) is 38.8 Å². The van der Waals surface area contributed by atoms with E-state index in [9.17, 15) is 9.59 Å². The largest absolute Gasteiger partial charge is 0.342 e. The molecule has 1 fully saturated rings. The van der Waals surface area contributed by atoms with Crippen LogP contribution in [0.1, 0.15) is 51.5 Å². The number of hydrogen-bond acceptors (Lipinski definition) is 2. The number of anilines is 1. The van der Waals surface area contributed by atoms with Crippen LogP contribution in [0.15, 0.2) is 24.3 Å². The molecule has 0 spiro atoms. The molecule has 1 aromatic rings. The van der Waals surface area contributed by atoms with Crippen molar-refractivity contribution in [2.24, 2.45) is 5.92 Å². The summed E-state index contributed by atoms with van der Waals surface area (Å²) in [7, 11) is 0. The van der Waals surface area contributed by atoms with Gasteiger partial charge in [0.25, 0.3) is 0 Å². The minimum absolute atomic E-state index is 0.0429. The lowest BCUT2D eigenvalue weighted by Gasteiger charge is -2.16. The molecule has 1 saturated heterocycles. The molecule has 1 atom stereocenters. The third-order valence-corrected chi connectivity index (χ3v) is 4.41. The zero-order valence-electron chi connectivity index (χ0n) is 14.3. The number of benzene rings is 1. The molecule has 4 heteroatoms. The lowest BCUT2D eigenvalue weighted by molar-refractivity contribution is -0.128. The average Bonchev–Trinajstić information content (AvgIpc) is 2.93. The number of hydrogen-bond donors (Lipinski definition) is 1. The van der Waals surface area contributed by atoms with Crippen molar-refractivity contribution in [3.05, 3.63) is 29.8 Å². The van der Waals surface area contributed by atoms with Crippen LogP contribution in [-0.4, -0.2) is 29.8 Å².